The zero-order valence-corrected chi connectivity index (χ0v) is 20.5. The molecular formula is C28H34N3O4-. The highest BCUT2D eigenvalue weighted by Gasteiger charge is 2.35. The van der Waals surface area contributed by atoms with E-state index in [9.17, 15) is 19.5 Å². The van der Waals surface area contributed by atoms with Crippen LogP contribution >= 0.6 is 0 Å². The smallest absolute Gasteiger partial charge is 0.322 e. The highest BCUT2D eigenvalue weighted by Crippen LogP contribution is 2.33. The monoisotopic (exact) mass is 476 g/mol. The predicted octanol–water partition coefficient (Wildman–Crippen LogP) is 4.01. The lowest BCUT2D eigenvalue weighted by Gasteiger charge is -2.31. The van der Waals surface area contributed by atoms with Crippen LogP contribution in [0.25, 0.3) is 0 Å². The number of carbonyl (C=O) groups excluding carboxylic acids is 3. The number of carboxylic acids is 1. The lowest BCUT2D eigenvalue weighted by Crippen LogP contribution is -2.50. The molecule has 2 aliphatic rings. The summed E-state index contributed by atoms with van der Waals surface area (Å²) in [4.78, 5) is 38.6. The summed E-state index contributed by atoms with van der Waals surface area (Å²) >= 11 is 0. The molecule has 1 aliphatic heterocycles. The van der Waals surface area contributed by atoms with Gasteiger partial charge in [0, 0.05) is 18.3 Å². The van der Waals surface area contributed by atoms with Gasteiger partial charge in [-0.05, 0) is 79.2 Å². The number of amides is 3. The number of carbonyl (C=O) groups is 3. The van der Waals surface area contributed by atoms with E-state index >= 15 is 0 Å². The van der Waals surface area contributed by atoms with E-state index in [1.165, 1.54) is 5.56 Å². The van der Waals surface area contributed by atoms with Crippen molar-refractivity contribution in [1.29, 1.82) is 0 Å². The Balaban J connectivity index is 1.28. The van der Waals surface area contributed by atoms with Gasteiger partial charge in [-0.2, -0.15) is 0 Å². The number of nitrogens with zero attached hydrogens (tertiary/aromatic N) is 1. The molecule has 2 N–H and O–H groups in total. The van der Waals surface area contributed by atoms with Crippen molar-refractivity contribution >= 4 is 23.6 Å². The molecule has 0 radical (unpaired) electrons. The fourth-order valence-electron chi connectivity index (χ4n) is 5.19. The Hall–Kier alpha value is -3.35. The fourth-order valence-corrected chi connectivity index (χ4v) is 5.19. The number of urea groups is 1. The molecule has 7 heteroatoms. The van der Waals surface area contributed by atoms with Crippen LogP contribution in [0.2, 0.25) is 0 Å². The molecule has 0 unspecified atom stereocenters. The van der Waals surface area contributed by atoms with Crippen LogP contribution in [0.15, 0.2) is 48.5 Å². The van der Waals surface area contributed by atoms with Crippen molar-refractivity contribution in [1.82, 2.24) is 10.2 Å². The van der Waals surface area contributed by atoms with E-state index in [2.05, 4.69) is 24.5 Å². The fraction of sp³-hybridized carbons (Fsp3) is 0.464. The Morgan fingerprint density at radius 2 is 1.57 bits per heavy atom. The first-order valence-corrected chi connectivity index (χ1v) is 12.6. The van der Waals surface area contributed by atoms with Crippen molar-refractivity contribution in [2.75, 3.05) is 11.9 Å². The largest absolute Gasteiger partial charge is 0.545 e. The van der Waals surface area contributed by atoms with E-state index in [1.807, 2.05) is 36.4 Å². The first-order chi connectivity index (χ1) is 16.8. The van der Waals surface area contributed by atoms with Gasteiger partial charge in [0.1, 0.15) is 6.04 Å². The summed E-state index contributed by atoms with van der Waals surface area (Å²) in [6.07, 6.45) is 5.06. The van der Waals surface area contributed by atoms with Crippen LogP contribution in [0.1, 0.15) is 85.7 Å². The van der Waals surface area contributed by atoms with E-state index in [-0.39, 0.29) is 23.5 Å². The van der Waals surface area contributed by atoms with Crippen LogP contribution in [0.3, 0.4) is 0 Å². The Labute approximate surface area is 206 Å². The molecule has 0 aromatic heterocycles. The summed E-state index contributed by atoms with van der Waals surface area (Å²) in [6, 6.07) is 14.2. The lowest BCUT2D eigenvalue weighted by atomic mass is 9.81. The van der Waals surface area contributed by atoms with E-state index in [1.54, 1.807) is 17.0 Å². The van der Waals surface area contributed by atoms with Crippen molar-refractivity contribution in [3.63, 3.8) is 0 Å². The number of rotatable bonds is 6. The number of hydrogen-bond donors (Lipinski definition) is 2. The maximum atomic E-state index is 13.1. The molecule has 1 saturated carbocycles. The third kappa shape index (κ3) is 6.02. The van der Waals surface area contributed by atoms with Crippen molar-refractivity contribution < 1.29 is 19.5 Å². The molecule has 186 valence electrons. The van der Waals surface area contributed by atoms with Gasteiger partial charge in [0.15, 0.2) is 0 Å². The molecule has 1 heterocycles. The van der Waals surface area contributed by atoms with Gasteiger partial charge < -0.3 is 25.4 Å². The molecule has 1 aliphatic carbocycles. The number of likely N-dealkylation sites (tertiary alicyclic amines) is 1. The second-order valence-corrected chi connectivity index (χ2v) is 10.0. The Bertz CT molecular complexity index is 1040. The summed E-state index contributed by atoms with van der Waals surface area (Å²) in [6.45, 7) is 4.83. The number of nitrogens with one attached hydrogen (secondary N) is 2. The minimum atomic E-state index is -1.17. The van der Waals surface area contributed by atoms with Gasteiger partial charge in [-0.25, -0.2) is 4.79 Å². The standard InChI is InChI=1S/C28H35N3O4/c1-18(2)19-9-13-24(14-10-19)30-28(35)31-17-3-4-25(31)26(32)29-23-15-11-21(12-16-23)20-5-7-22(8-6-20)27(33)34/h5-10,13-14,18,21,23,25H,3-4,11-12,15-17H2,1-2H3,(H,29,32)(H,30,35)(H,33,34)/p-1/t21?,23?,25-/m1/s1. The predicted molar refractivity (Wildman–Crippen MR) is 133 cm³/mol. The first kappa shape index (κ1) is 24.8. The SMILES string of the molecule is CC(C)c1ccc(NC(=O)N2CCC[C@@H]2C(=O)NC2CCC(c3ccc(C(=O)[O-])cc3)CC2)cc1. The zero-order chi connectivity index (χ0) is 24.9. The molecule has 2 aromatic carbocycles. The number of carboxylic acid groups (broad SMARTS) is 1. The van der Waals surface area contributed by atoms with Crippen molar-refractivity contribution in [2.24, 2.45) is 0 Å². The molecule has 1 atom stereocenters. The first-order valence-electron chi connectivity index (χ1n) is 12.6. The third-order valence-corrected chi connectivity index (χ3v) is 7.34. The topological polar surface area (TPSA) is 102 Å². The second kappa shape index (κ2) is 10.9. The van der Waals surface area contributed by atoms with Crippen LogP contribution in [-0.2, 0) is 4.79 Å². The molecular weight excluding hydrogens is 442 g/mol. The lowest BCUT2D eigenvalue weighted by molar-refractivity contribution is -0.255. The molecule has 0 bridgehead atoms. The molecule has 0 spiro atoms. The Kier molecular flexibility index (Phi) is 7.73. The van der Waals surface area contributed by atoms with Crippen molar-refractivity contribution in [3.8, 4) is 0 Å². The molecule has 3 amide bonds. The summed E-state index contributed by atoms with van der Waals surface area (Å²) < 4.78 is 0. The summed E-state index contributed by atoms with van der Waals surface area (Å²) in [5.41, 5.74) is 3.26. The summed E-state index contributed by atoms with van der Waals surface area (Å²) in [5.74, 6) is -0.456. The average Bonchev–Trinajstić information content (AvgIpc) is 3.35. The molecule has 35 heavy (non-hydrogen) atoms. The van der Waals surface area contributed by atoms with E-state index < -0.39 is 12.0 Å². The number of benzene rings is 2. The molecule has 1 saturated heterocycles. The van der Waals surface area contributed by atoms with Crippen molar-refractivity contribution in [3.05, 3.63) is 65.2 Å². The van der Waals surface area contributed by atoms with Gasteiger partial charge in [0.25, 0.3) is 0 Å². The summed E-state index contributed by atoms with van der Waals surface area (Å²) in [7, 11) is 0. The van der Waals surface area contributed by atoms with E-state index in [0.717, 1.165) is 43.4 Å². The number of aromatic carboxylic acids is 1. The molecule has 4 rings (SSSR count). The highest BCUT2D eigenvalue weighted by molar-refractivity contribution is 5.94. The minimum absolute atomic E-state index is 0.0745. The normalized spacial score (nSPS) is 22.1. The van der Waals surface area contributed by atoms with Gasteiger partial charge >= 0.3 is 6.03 Å². The number of hydrogen-bond acceptors (Lipinski definition) is 4. The molecule has 7 nitrogen and oxygen atoms in total. The van der Waals surface area contributed by atoms with E-state index in [0.29, 0.717) is 24.8 Å². The van der Waals surface area contributed by atoms with Crippen LogP contribution in [0.5, 0.6) is 0 Å². The van der Waals surface area contributed by atoms with Crippen LogP contribution in [-0.4, -0.2) is 41.4 Å². The Morgan fingerprint density at radius 3 is 2.17 bits per heavy atom. The molecule has 2 fully saturated rings. The molecule has 2 aromatic rings. The third-order valence-electron chi connectivity index (χ3n) is 7.34. The quantitative estimate of drug-likeness (QED) is 0.658. The van der Waals surface area contributed by atoms with E-state index in [4.69, 9.17) is 0 Å². The van der Waals surface area contributed by atoms with Gasteiger partial charge in [0.2, 0.25) is 5.91 Å². The van der Waals surface area contributed by atoms with Gasteiger partial charge in [-0.3, -0.25) is 4.79 Å². The van der Waals surface area contributed by atoms with Gasteiger partial charge in [-0.1, -0.05) is 50.2 Å². The second-order valence-electron chi connectivity index (χ2n) is 10.0. The zero-order valence-electron chi connectivity index (χ0n) is 20.5. The maximum absolute atomic E-state index is 13.1. The summed E-state index contributed by atoms with van der Waals surface area (Å²) in [5, 5.41) is 17.1. The number of anilines is 1. The maximum Gasteiger partial charge on any atom is 0.322 e. The average molecular weight is 477 g/mol. The van der Waals surface area contributed by atoms with Crippen molar-refractivity contribution in [2.45, 2.75) is 76.3 Å². The van der Waals surface area contributed by atoms with Crippen LogP contribution < -0.4 is 15.7 Å². The van der Waals surface area contributed by atoms with Crippen LogP contribution in [0.4, 0.5) is 10.5 Å². The highest BCUT2D eigenvalue weighted by atomic mass is 16.4. The minimum Gasteiger partial charge on any atom is -0.545 e. The van der Waals surface area contributed by atoms with Gasteiger partial charge in [-0.15, -0.1) is 0 Å². The van der Waals surface area contributed by atoms with Gasteiger partial charge in [0.05, 0.1) is 5.97 Å². The van der Waals surface area contributed by atoms with Crippen LogP contribution in [0, 0.1) is 0 Å². The Morgan fingerprint density at radius 1 is 0.914 bits per heavy atom.